The Kier molecular flexibility index (Phi) is 6.48. The Morgan fingerprint density at radius 2 is 1.87 bits per heavy atom. The van der Waals surface area contributed by atoms with Crippen LogP contribution in [0, 0.1) is 0 Å². The molecule has 0 radical (unpaired) electrons. The molecule has 0 aliphatic heterocycles. The Balaban J connectivity index is 1.69. The molecule has 2 rings (SSSR count). The summed E-state index contributed by atoms with van der Waals surface area (Å²) in [4.78, 5) is 11.8. The maximum atomic E-state index is 11.8. The van der Waals surface area contributed by atoms with Crippen molar-refractivity contribution in [2.45, 2.75) is 70.7 Å². The van der Waals surface area contributed by atoms with Crippen molar-refractivity contribution in [3.63, 3.8) is 0 Å². The second-order valence-corrected chi connectivity index (χ2v) is 8.12. The lowest BCUT2D eigenvalue weighted by Crippen LogP contribution is -2.43. The van der Waals surface area contributed by atoms with Gasteiger partial charge < -0.3 is 15.4 Å². The monoisotopic (exact) mass is 382 g/mol. The maximum absolute atomic E-state index is 11.8. The van der Waals surface area contributed by atoms with Gasteiger partial charge in [0.1, 0.15) is 5.60 Å². The number of hydrogen-bond donors (Lipinski definition) is 2. The first-order chi connectivity index (χ1) is 10.8. The van der Waals surface area contributed by atoms with Gasteiger partial charge in [0.25, 0.3) is 0 Å². The molecule has 4 nitrogen and oxygen atoms in total. The molecule has 0 aromatic heterocycles. The number of carbonyl (C=O) groups is 1. The zero-order valence-electron chi connectivity index (χ0n) is 14.2. The lowest BCUT2D eigenvalue weighted by atomic mass is 9.91. The van der Waals surface area contributed by atoms with E-state index < -0.39 is 5.60 Å². The molecular weight excluding hydrogens is 356 g/mol. The van der Waals surface area contributed by atoms with E-state index in [9.17, 15) is 4.79 Å². The number of nitrogens with one attached hydrogen (secondary N) is 2. The Hall–Kier alpha value is -1.07. The van der Waals surface area contributed by atoms with Gasteiger partial charge in [-0.15, -0.1) is 0 Å². The molecule has 1 aliphatic rings. The van der Waals surface area contributed by atoms with E-state index >= 15 is 0 Å². The van der Waals surface area contributed by atoms with Gasteiger partial charge in [0.15, 0.2) is 0 Å². The minimum absolute atomic E-state index is 0.230. The molecule has 1 saturated carbocycles. The molecule has 2 N–H and O–H groups in total. The van der Waals surface area contributed by atoms with Crippen LogP contribution in [0.2, 0.25) is 0 Å². The third kappa shape index (κ3) is 6.92. The average Bonchev–Trinajstić information content (AvgIpc) is 2.44. The molecule has 0 spiro atoms. The Labute approximate surface area is 147 Å². The lowest BCUT2D eigenvalue weighted by Gasteiger charge is -2.30. The highest BCUT2D eigenvalue weighted by Gasteiger charge is 2.24. The van der Waals surface area contributed by atoms with Crippen molar-refractivity contribution >= 4 is 22.0 Å². The predicted molar refractivity (Wildman–Crippen MR) is 96.4 cm³/mol. The van der Waals surface area contributed by atoms with Gasteiger partial charge in [0, 0.05) is 23.1 Å². The molecular formula is C18H27BrN2O2. The minimum atomic E-state index is -0.438. The van der Waals surface area contributed by atoms with Crippen molar-refractivity contribution in [2.24, 2.45) is 0 Å². The number of carbonyl (C=O) groups excluding carboxylic acids is 1. The average molecular weight is 383 g/mol. The van der Waals surface area contributed by atoms with Gasteiger partial charge in [0.05, 0.1) is 0 Å². The van der Waals surface area contributed by atoms with Crippen molar-refractivity contribution in [1.29, 1.82) is 0 Å². The summed E-state index contributed by atoms with van der Waals surface area (Å²) in [6.07, 6.45) is 3.84. The fourth-order valence-electron chi connectivity index (χ4n) is 2.83. The van der Waals surface area contributed by atoms with Gasteiger partial charge in [-0.25, -0.2) is 4.79 Å². The van der Waals surface area contributed by atoms with Crippen molar-refractivity contribution in [3.8, 4) is 0 Å². The smallest absolute Gasteiger partial charge is 0.407 e. The summed E-state index contributed by atoms with van der Waals surface area (Å²) in [5.74, 6) is 0. The molecule has 1 amide bonds. The molecule has 1 aliphatic carbocycles. The van der Waals surface area contributed by atoms with Crippen LogP contribution in [0.15, 0.2) is 28.7 Å². The van der Waals surface area contributed by atoms with E-state index in [1.807, 2.05) is 26.8 Å². The van der Waals surface area contributed by atoms with Crippen molar-refractivity contribution in [2.75, 3.05) is 0 Å². The molecule has 0 bridgehead atoms. The summed E-state index contributed by atoms with van der Waals surface area (Å²) in [5, 5.41) is 6.59. The van der Waals surface area contributed by atoms with E-state index in [4.69, 9.17) is 4.74 Å². The standard InChI is InChI=1S/C18H27BrN2O2/c1-18(2,3)23-17(22)21-16-9-7-15(8-10-16)20-12-13-5-4-6-14(19)11-13/h4-6,11,15-16,20H,7-10,12H2,1-3H3,(H,21,22). The van der Waals surface area contributed by atoms with Crippen LogP contribution < -0.4 is 10.6 Å². The highest BCUT2D eigenvalue weighted by atomic mass is 79.9. The molecule has 0 unspecified atom stereocenters. The van der Waals surface area contributed by atoms with Crippen LogP contribution in [-0.2, 0) is 11.3 Å². The normalized spacial score (nSPS) is 21.7. The fraction of sp³-hybridized carbons (Fsp3) is 0.611. The number of alkyl carbamates (subject to hydrolysis) is 1. The summed E-state index contributed by atoms with van der Waals surface area (Å²) >= 11 is 3.50. The fourth-order valence-corrected chi connectivity index (χ4v) is 3.27. The minimum Gasteiger partial charge on any atom is -0.444 e. The number of halogens is 1. The van der Waals surface area contributed by atoms with E-state index in [2.05, 4.69) is 44.8 Å². The van der Waals surface area contributed by atoms with Crippen molar-refractivity contribution in [3.05, 3.63) is 34.3 Å². The number of amides is 1. The molecule has 0 heterocycles. The van der Waals surface area contributed by atoms with E-state index in [-0.39, 0.29) is 12.1 Å². The van der Waals surface area contributed by atoms with Crippen molar-refractivity contribution < 1.29 is 9.53 Å². The lowest BCUT2D eigenvalue weighted by molar-refractivity contribution is 0.0490. The van der Waals surface area contributed by atoms with Gasteiger partial charge in [-0.1, -0.05) is 28.1 Å². The summed E-state index contributed by atoms with van der Waals surface area (Å²) < 4.78 is 6.43. The zero-order chi connectivity index (χ0) is 16.9. The van der Waals surface area contributed by atoms with Gasteiger partial charge in [-0.3, -0.25) is 0 Å². The summed E-state index contributed by atoms with van der Waals surface area (Å²) in [5.41, 5.74) is 0.848. The first-order valence-electron chi connectivity index (χ1n) is 8.29. The SMILES string of the molecule is CC(C)(C)OC(=O)NC1CCC(NCc2cccc(Br)c2)CC1. The molecule has 1 fully saturated rings. The van der Waals surface area contributed by atoms with Gasteiger partial charge in [-0.05, 0) is 64.2 Å². The van der Waals surface area contributed by atoms with E-state index in [0.717, 1.165) is 36.7 Å². The summed E-state index contributed by atoms with van der Waals surface area (Å²) in [6, 6.07) is 9.12. The summed E-state index contributed by atoms with van der Waals surface area (Å²) in [6.45, 7) is 6.54. The van der Waals surface area contributed by atoms with E-state index in [0.29, 0.717) is 6.04 Å². The van der Waals surface area contributed by atoms with Crippen LogP contribution in [0.25, 0.3) is 0 Å². The molecule has 0 saturated heterocycles. The first kappa shape index (κ1) is 18.3. The zero-order valence-corrected chi connectivity index (χ0v) is 15.8. The van der Waals surface area contributed by atoms with Crippen molar-refractivity contribution in [1.82, 2.24) is 10.6 Å². The largest absolute Gasteiger partial charge is 0.444 e. The third-order valence-corrected chi connectivity index (χ3v) is 4.43. The molecule has 5 heteroatoms. The predicted octanol–water partition coefficient (Wildman–Crippen LogP) is 4.37. The molecule has 1 aromatic rings. The van der Waals surface area contributed by atoms with Crippen LogP contribution in [0.3, 0.4) is 0 Å². The van der Waals surface area contributed by atoms with E-state index in [1.165, 1.54) is 5.56 Å². The maximum Gasteiger partial charge on any atom is 0.407 e. The van der Waals surface area contributed by atoms with Crippen LogP contribution in [-0.4, -0.2) is 23.8 Å². The Morgan fingerprint density at radius 1 is 1.22 bits per heavy atom. The molecule has 0 atom stereocenters. The summed E-state index contributed by atoms with van der Waals surface area (Å²) in [7, 11) is 0. The second kappa shape index (κ2) is 8.15. The highest BCUT2D eigenvalue weighted by Crippen LogP contribution is 2.20. The highest BCUT2D eigenvalue weighted by molar-refractivity contribution is 9.10. The van der Waals surface area contributed by atoms with Gasteiger partial charge in [0.2, 0.25) is 0 Å². The van der Waals surface area contributed by atoms with Crippen LogP contribution >= 0.6 is 15.9 Å². The van der Waals surface area contributed by atoms with Gasteiger partial charge in [-0.2, -0.15) is 0 Å². The quantitative estimate of drug-likeness (QED) is 0.812. The Bertz CT molecular complexity index is 520. The number of benzene rings is 1. The van der Waals surface area contributed by atoms with Gasteiger partial charge >= 0.3 is 6.09 Å². The second-order valence-electron chi connectivity index (χ2n) is 7.21. The number of ether oxygens (including phenoxy) is 1. The molecule has 128 valence electrons. The Morgan fingerprint density at radius 3 is 2.48 bits per heavy atom. The first-order valence-corrected chi connectivity index (χ1v) is 9.08. The third-order valence-electron chi connectivity index (χ3n) is 3.93. The van der Waals surface area contributed by atoms with Crippen LogP contribution in [0.4, 0.5) is 4.79 Å². The molecule has 1 aromatic carbocycles. The topological polar surface area (TPSA) is 50.4 Å². The number of rotatable bonds is 4. The number of hydrogen-bond acceptors (Lipinski definition) is 3. The van der Waals surface area contributed by atoms with Crippen LogP contribution in [0.5, 0.6) is 0 Å². The van der Waals surface area contributed by atoms with Crippen LogP contribution in [0.1, 0.15) is 52.0 Å². The molecule has 23 heavy (non-hydrogen) atoms. The van der Waals surface area contributed by atoms with E-state index in [1.54, 1.807) is 0 Å².